The Bertz CT molecular complexity index is 187. The summed E-state index contributed by atoms with van der Waals surface area (Å²) >= 11 is 0. The van der Waals surface area contributed by atoms with Crippen molar-refractivity contribution in [1.82, 2.24) is 10.2 Å². The molecule has 0 atom stereocenters. The lowest BCUT2D eigenvalue weighted by molar-refractivity contribution is 0.188. The maximum absolute atomic E-state index is 11.8. The Morgan fingerprint density at radius 1 is 1.33 bits per heavy atom. The van der Waals surface area contributed by atoms with Crippen molar-refractivity contribution < 1.29 is 4.79 Å². The van der Waals surface area contributed by atoms with Gasteiger partial charge in [-0.25, -0.2) is 4.79 Å². The molecule has 0 aromatic rings. The number of hydrogen-bond acceptors (Lipinski definition) is 2. The fourth-order valence-corrected chi connectivity index (χ4v) is 1.27. The third-order valence-electron chi connectivity index (χ3n) is 1.89. The molecule has 4 nitrogen and oxygen atoms in total. The van der Waals surface area contributed by atoms with E-state index in [4.69, 9.17) is 5.73 Å². The SMILES string of the molecule is CCCN(CCCN)C(=O)NC(C)(C)C. The summed E-state index contributed by atoms with van der Waals surface area (Å²) < 4.78 is 0. The quantitative estimate of drug-likeness (QED) is 0.731. The minimum atomic E-state index is -0.175. The zero-order chi connectivity index (χ0) is 11.9. The van der Waals surface area contributed by atoms with Gasteiger partial charge in [0, 0.05) is 18.6 Å². The number of carbonyl (C=O) groups excluding carboxylic acids is 1. The lowest BCUT2D eigenvalue weighted by Gasteiger charge is -2.28. The van der Waals surface area contributed by atoms with Crippen molar-refractivity contribution >= 4 is 6.03 Å². The molecule has 0 spiro atoms. The van der Waals surface area contributed by atoms with Gasteiger partial charge in [0.25, 0.3) is 0 Å². The van der Waals surface area contributed by atoms with Gasteiger partial charge >= 0.3 is 6.03 Å². The minimum Gasteiger partial charge on any atom is -0.333 e. The van der Waals surface area contributed by atoms with E-state index in [1.807, 2.05) is 25.7 Å². The first-order chi connectivity index (χ1) is 6.90. The second-order valence-electron chi connectivity index (χ2n) is 4.81. The van der Waals surface area contributed by atoms with Gasteiger partial charge in [0.1, 0.15) is 0 Å². The maximum atomic E-state index is 11.8. The summed E-state index contributed by atoms with van der Waals surface area (Å²) in [5.74, 6) is 0. The van der Waals surface area contributed by atoms with E-state index >= 15 is 0 Å². The van der Waals surface area contributed by atoms with Crippen molar-refractivity contribution in [2.75, 3.05) is 19.6 Å². The molecule has 0 heterocycles. The molecule has 2 amide bonds. The van der Waals surface area contributed by atoms with Gasteiger partial charge in [0.05, 0.1) is 0 Å². The number of nitrogens with one attached hydrogen (secondary N) is 1. The Morgan fingerprint density at radius 3 is 2.33 bits per heavy atom. The third-order valence-corrected chi connectivity index (χ3v) is 1.89. The standard InChI is InChI=1S/C11H25N3O/c1-5-8-14(9-6-7-12)10(15)13-11(2,3)4/h5-9,12H2,1-4H3,(H,13,15). The van der Waals surface area contributed by atoms with Crippen molar-refractivity contribution in [3.63, 3.8) is 0 Å². The topological polar surface area (TPSA) is 58.4 Å². The minimum absolute atomic E-state index is 0.0119. The molecule has 0 saturated carbocycles. The van der Waals surface area contributed by atoms with Crippen LogP contribution in [0.2, 0.25) is 0 Å². The number of carbonyl (C=O) groups is 1. The van der Waals surface area contributed by atoms with Gasteiger partial charge in [0.15, 0.2) is 0 Å². The van der Waals surface area contributed by atoms with E-state index in [1.54, 1.807) is 0 Å². The predicted molar refractivity (Wildman–Crippen MR) is 63.8 cm³/mol. The molecule has 3 N–H and O–H groups in total. The van der Waals surface area contributed by atoms with Crippen molar-refractivity contribution in [2.24, 2.45) is 5.73 Å². The molecule has 0 aliphatic carbocycles. The molecule has 0 radical (unpaired) electrons. The Kier molecular flexibility index (Phi) is 6.32. The number of hydrogen-bond donors (Lipinski definition) is 2. The van der Waals surface area contributed by atoms with E-state index in [0.717, 1.165) is 25.9 Å². The molecular formula is C11H25N3O. The first-order valence-corrected chi connectivity index (χ1v) is 5.68. The highest BCUT2D eigenvalue weighted by molar-refractivity contribution is 5.74. The van der Waals surface area contributed by atoms with Gasteiger partial charge in [-0.1, -0.05) is 6.92 Å². The van der Waals surface area contributed by atoms with Crippen LogP contribution in [-0.4, -0.2) is 36.1 Å². The first kappa shape index (κ1) is 14.2. The van der Waals surface area contributed by atoms with Crippen LogP contribution in [0, 0.1) is 0 Å². The van der Waals surface area contributed by atoms with Crippen LogP contribution in [-0.2, 0) is 0 Å². The molecule has 0 aromatic carbocycles. The predicted octanol–water partition coefficient (Wildman–Crippen LogP) is 1.56. The van der Waals surface area contributed by atoms with Crippen molar-refractivity contribution in [3.05, 3.63) is 0 Å². The average Bonchev–Trinajstić information content (AvgIpc) is 2.09. The van der Waals surface area contributed by atoms with E-state index in [1.165, 1.54) is 0 Å². The summed E-state index contributed by atoms with van der Waals surface area (Å²) in [6, 6.07) is 0.0119. The summed E-state index contributed by atoms with van der Waals surface area (Å²) in [5.41, 5.74) is 5.27. The molecule has 0 bridgehead atoms. The van der Waals surface area contributed by atoms with Crippen LogP contribution < -0.4 is 11.1 Å². The van der Waals surface area contributed by atoms with Crippen LogP contribution in [0.15, 0.2) is 0 Å². The number of urea groups is 1. The highest BCUT2D eigenvalue weighted by Gasteiger charge is 2.18. The second-order valence-corrected chi connectivity index (χ2v) is 4.81. The number of nitrogens with zero attached hydrogens (tertiary/aromatic N) is 1. The van der Waals surface area contributed by atoms with Crippen molar-refractivity contribution in [3.8, 4) is 0 Å². The highest BCUT2D eigenvalue weighted by Crippen LogP contribution is 2.02. The molecule has 90 valence electrons. The zero-order valence-corrected chi connectivity index (χ0v) is 10.5. The van der Waals surface area contributed by atoms with Gasteiger partial charge in [-0.05, 0) is 40.2 Å². The van der Waals surface area contributed by atoms with E-state index in [2.05, 4.69) is 12.2 Å². The molecule has 0 aromatic heterocycles. The number of rotatable bonds is 5. The molecule has 0 aliphatic heterocycles. The summed E-state index contributed by atoms with van der Waals surface area (Å²) in [7, 11) is 0. The summed E-state index contributed by atoms with van der Waals surface area (Å²) in [6.45, 7) is 10.2. The van der Waals surface area contributed by atoms with E-state index in [-0.39, 0.29) is 11.6 Å². The first-order valence-electron chi connectivity index (χ1n) is 5.68. The lowest BCUT2D eigenvalue weighted by atomic mass is 10.1. The van der Waals surface area contributed by atoms with Crippen LogP contribution in [0.1, 0.15) is 40.5 Å². The molecular weight excluding hydrogens is 190 g/mol. The Hall–Kier alpha value is -0.770. The maximum Gasteiger partial charge on any atom is 0.317 e. The van der Waals surface area contributed by atoms with Crippen LogP contribution in [0.3, 0.4) is 0 Å². The molecule has 0 fully saturated rings. The zero-order valence-electron chi connectivity index (χ0n) is 10.5. The molecule has 0 unspecified atom stereocenters. The van der Waals surface area contributed by atoms with Crippen LogP contribution in [0.25, 0.3) is 0 Å². The van der Waals surface area contributed by atoms with E-state index < -0.39 is 0 Å². The van der Waals surface area contributed by atoms with Gasteiger partial charge in [-0.15, -0.1) is 0 Å². The Morgan fingerprint density at radius 2 is 1.93 bits per heavy atom. The monoisotopic (exact) mass is 215 g/mol. The van der Waals surface area contributed by atoms with Crippen molar-refractivity contribution in [1.29, 1.82) is 0 Å². The fraction of sp³-hybridized carbons (Fsp3) is 0.909. The van der Waals surface area contributed by atoms with Crippen LogP contribution in [0.5, 0.6) is 0 Å². The van der Waals surface area contributed by atoms with Gasteiger partial charge < -0.3 is 16.0 Å². The molecule has 0 saturated heterocycles. The molecule has 0 aliphatic rings. The fourth-order valence-electron chi connectivity index (χ4n) is 1.27. The van der Waals surface area contributed by atoms with E-state index in [0.29, 0.717) is 6.54 Å². The molecule has 0 rings (SSSR count). The van der Waals surface area contributed by atoms with Crippen molar-refractivity contribution in [2.45, 2.75) is 46.1 Å². The largest absolute Gasteiger partial charge is 0.333 e. The summed E-state index contributed by atoms with van der Waals surface area (Å²) in [5, 5.41) is 2.96. The van der Waals surface area contributed by atoms with Gasteiger partial charge in [0.2, 0.25) is 0 Å². The molecule has 15 heavy (non-hydrogen) atoms. The van der Waals surface area contributed by atoms with Gasteiger partial charge in [-0.3, -0.25) is 0 Å². The lowest BCUT2D eigenvalue weighted by Crippen LogP contribution is -2.49. The Balaban J connectivity index is 4.15. The number of nitrogens with two attached hydrogens (primary N) is 1. The average molecular weight is 215 g/mol. The number of amides is 2. The summed E-state index contributed by atoms with van der Waals surface area (Å²) in [4.78, 5) is 13.7. The third kappa shape index (κ3) is 7.19. The molecule has 4 heteroatoms. The summed E-state index contributed by atoms with van der Waals surface area (Å²) in [6.07, 6.45) is 1.83. The smallest absolute Gasteiger partial charge is 0.317 e. The highest BCUT2D eigenvalue weighted by atomic mass is 16.2. The van der Waals surface area contributed by atoms with Gasteiger partial charge in [-0.2, -0.15) is 0 Å². The van der Waals surface area contributed by atoms with E-state index in [9.17, 15) is 4.79 Å². The van der Waals surface area contributed by atoms with Crippen LogP contribution >= 0.6 is 0 Å². The Labute approximate surface area is 93.2 Å². The normalized spacial score (nSPS) is 11.3. The van der Waals surface area contributed by atoms with Crippen LogP contribution in [0.4, 0.5) is 4.79 Å². The second kappa shape index (κ2) is 6.67.